The van der Waals surface area contributed by atoms with Gasteiger partial charge in [0.15, 0.2) is 6.20 Å². The van der Waals surface area contributed by atoms with E-state index in [2.05, 4.69) is 4.98 Å². The molecule has 7 aromatic rings. The molecular formula is C50H27BF24N2O2. The quantitative estimate of drug-likeness (QED) is 0.0714. The molecule has 6 aromatic carbocycles. The first kappa shape index (κ1) is 60.5. The molecule has 0 radical (unpaired) electrons. The summed E-state index contributed by atoms with van der Waals surface area (Å²) in [6.07, 6.45) is -49.7. The molecule has 1 N–H and O–H groups in total. The summed E-state index contributed by atoms with van der Waals surface area (Å²) in [5.74, 6) is 0.247. The fourth-order valence-corrected chi connectivity index (χ4v) is 8.34. The van der Waals surface area contributed by atoms with Crippen molar-refractivity contribution in [3.8, 4) is 17.0 Å². The average molecular weight is 1150 g/mol. The van der Waals surface area contributed by atoms with Gasteiger partial charge in [-0.2, -0.15) is 132 Å². The zero-order valence-electron chi connectivity index (χ0n) is 38.5. The number of hydrogen-bond donors (Lipinski definition) is 1. The number of ketones is 1. The second-order valence-electron chi connectivity index (χ2n) is 17.1. The van der Waals surface area contributed by atoms with Crippen LogP contribution in [0.15, 0.2) is 146 Å². The summed E-state index contributed by atoms with van der Waals surface area (Å²) in [5.41, 5.74) is -27.8. The van der Waals surface area contributed by atoms with Crippen LogP contribution in [0.2, 0.25) is 0 Å². The predicted molar refractivity (Wildman–Crippen MR) is 232 cm³/mol. The maximum absolute atomic E-state index is 14.2. The number of hydrogen-bond acceptors (Lipinski definition) is 3. The van der Waals surface area contributed by atoms with E-state index in [4.69, 9.17) is 0 Å². The Labute approximate surface area is 427 Å². The van der Waals surface area contributed by atoms with E-state index < -0.39 is 195 Å². The van der Waals surface area contributed by atoms with Crippen molar-refractivity contribution in [2.45, 2.75) is 56.0 Å². The number of carbonyl (C=O) groups excluding carboxylic acids is 1. The van der Waals surface area contributed by atoms with Crippen LogP contribution in [0.5, 0.6) is 5.75 Å². The lowest BCUT2D eigenvalue weighted by Gasteiger charge is -2.46. The lowest BCUT2D eigenvalue weighted by molar-refractivity contribution is -0.672. The average Bonchev–Trinajstić information content (AvgIpc) is 3.40. The summed E-state index contributed by atoms with van der Waals surface area (Å²) in [4.78, 5) is 16.5. The van der Waals surface area contributed by atoms with E-state index in [0.29, 0.717) is 5.56 Å². The first-order valence-corrected chi connectivity index (χ1v) is 21.6. The number of phenols is 1. The molecule has 0 aliphatic heterocycles. The van der Waals surface area contributed by atoms with Crippen molar-refractivity contribution >= 4 is 33.8 Å². The molecule has 4 nitrogen and oxygen atoms in total. The molecule has 0 unspecified atom stereocenters. The second kappa shape index (κ2) is 21.1. The van der Waals surface area contributed by atoms with E-state index in [1.165, 1.54) is 0 Å². The van der Waals surface area contributed by atoms with Crippen LogP contribution in [-0.4, -0.2) is 22.0 Å². The Kier molecular flexibility index (Phi) is 16.2. The molecule has 0 saturated heterocycles. The standard InChI is InChI=1S/C32H12BF24.C18H14N2O2/c34-25(35,36)13-1-14(26(37,38)39)6-21(5-13)33(22-7-15(27(40,41)42)2-16(8-22)28(43,44)45,23-9-17(29(46,47)48)3-18(10-23)30(49,50)51)24-11-19(31(52,53)54)4-20(12-24)32(55,56)57;21-16-8-6-14(7-9-16)17-12-19-10-11-20(17)13-18(22)15-4-2-1-3-5-15/h1-12H;1-12H,13H2/q-1;/p+1. The SMILES string of the molecule is FC(F)(F)c1cc([B-](c2cc(C(F)(F)F)cc(C(F)(F)F)c2)(c2cc(C(F)(F)F)cc(C(F)(F)F)c2)c2cc(C(F)(F)F)cc(C(F)(F)F)c2)cc(C(F)(F)F)c1.O=C(C[n+]1ccncc1-c1ccc(O)cc1)c1ccccc1. The summed E-state index contributed by atoms with van der Waals surface area (Å²) in [6, 6.07) is 7.24. The molecule has 1 aromatic heterocycles. The van der Waals surface area contributed by atoms with Gasteiger partial charge < -0.3 is 5.11 Å². The number of phenolic OH excluding ortho intramolecular Hbond substituents is 1. The molecule has 420 valence electrons. The molecule has 0 amide bonds. The van der Waals surface area contributed by atoms with Gasteiger partial charge in [0.2, 0.25) is 18.0 Å². The van der Waals surface area contributed by atoms with E-state index in [1.54, 1.807) is 42.9 Å². The molecule has 29 heteroatoms. The minimum Gasteiger partial charge on any atom is -0.508 e. The van der Waals surface area contributed by atoms with Crippen molar-refractivity contribution in [1.82, 2.24) is 4.98 Å². The molecule has 0 atom stereocenters. The van der Waals surface area contributed by atoms with Gasteiger partial charge in [0.05, 0.1) is 56.9 Å². The van der Waals surface area contributed by atoms with Crippen LogP contribution in [0.3, 0.4) is 0 Å². The van der Waals surface area contributed by atoms with Crippen molar-refractivity contribution in [3.05, 3.63) is 196 Å². The lowest BCUT2D eigenvalue weighted by Crippen LogP contribution is -2.75. The summed E-state index contributed by atoms with van der Waals surface area (Å²) < 4.78 is 343. The van der Waals surface area contributed by atoms with Crippen LogP contribution in [0.4, 0.5) is 105 Å². The predicted octanol–water partition coefficient (Wildman–Crippen LogP) is 13.8. The van der Waals surface area contributed by atoms with Gasteiger partial charge in [0.1, 0.15) is 11.9 Å². The Balaban J connectivity index is 0.000000378. The molecule has 0 fully saturated rings. The number of rotatable bonds is 8. The first-order valence-electron chi connectivity index (χ1n) is 21.6. The normalized spacial score (nSPS) is 13.2. The number of halogens is 24. The highest BCUT2D eigenvalue weighted by molar-refractivity contribution is 7.20. The van der Waals surface area contributed by atoms with Gasteiger partial charge in [-0.25, -0.2) is 0 Å². The summed E-state index contributed by atoms with van der Waals surface area (Å²) in [5, 5.41) is 9.39. The number of nitrogens with zero attached hydrogens (tertiary/aromatic N) is 2. The summed E-state index contributed by atoms with van der Waals surface area (Å²) >= 11 is 0. The highest BCUT2D eigenvalue weighted by Crippen LogP contribution is 2.41. The van der Waals surface area contributed by atoms with Crippen LogP contribution in [0.1, 0.15) is 54.9 Å². The van der Waals surface area contributed by atoms with Crippen molar-refractivity contribution in [2.24, 2.45) is 0 Å². The van der Waals surface area contributed by atoms with Gasteiger partial charge in [0.25, 0.3) is 0 Å². The minimum atomic E-state index is -6.13. The number of aromatic hydroxyl groups is 1. The van der Waals surface area contributed by atoms with Crippen LogP contribution >= 0.6 is 0 Å². The van der Waals surface area contributed by atoms with Crippen molar-refractivity contribution < 1.29 is 120 Å². The second-order valence-corrected chi connectivity index (χ2v) is 17.1. The van der Waals surface area contributed by atoms with Gasteiger partial charge >= 0.3 is 49.4 Å². The van der Waals surface area contributed by atoms with Gasteiger partial charge in [-0.15, -0.1) is 0 Å². The highest BCUT2D eigenvalue weighted by atomic mass is 19.4. The van der Waals surface area contributed by atoms with Gasteiger partial charge in [-0.3, -0.25) is 9.78 Å². The highest BCUT2D eigenvalue weighted by Gasteiger charge is 2.47. The van der Waals surface area contributed by atoms with E-state index in [0.717, 1.165) is 11.3 Å². The Morgan fingerprint density at radius 1 is 0.405 bits per heavy atom. The summed E-state index contributed by atoms with van der Waals surface area (Å²) in [7, 11) is 0. The van der Waals surface area contributed by atoms with Crippen LogP contribution in [0, 0.1) is 0 Å². The Hall–Kier alpha value is -7.75. The molecular weight excluding hydrogens is 1130 g/mol. The minimum absolute atomic E-state index is 0.0387. The van der Waals surface area contributed by atoms with E-state index in [9.17, 15) is 115 Å². The smallest absolute Gasteiger partial charge is 0.416 e. The third-order valence-corrected chi connectivity index (χ3v) is 11.9. The fourth-order valence-electron chi connectivity index (χ4n) is 8.34. The Bertz CT molecular complexity index is 2900. The lowest BCUT2D eigenvalue weighted by atomic mass is 9.12. The van der Waals surface area contributed by atoms with Crippen LogP contribution in [0.25, 0.3) is 11.3 Å². The van der Waals surface area contributed by atoms with Crippen molar-refractivity contribution in [2.75, 3.05) is 0 Å². The van der Waals surface area contributed by atoms with E-state index >= 15 is 0 Å². The van der Waals surface area contributed by atoms with Crippen LogP contribution < -0.4 is 26.4 Å². The largest absolute Gasteiger partial charge is 0.508 e. The number of alkyl halides is 24. The third kappa shape index (κ3) is 13.9. The molecule has 0 bridgehead atoms. The summed E-state index contributed by atoms with van der Waals surface area (Å²) in [6.45, 7) is 0.239. The molecule has 0 saturated carbocycles. The Morgan fingerprint density at radius 2 is 0.684 bits per heavy atom. The molecule has 0 aliphatic carbocycles. The van der Waals surface area contributed by atoms with E-state index in [1.807, 2.05) is 34.9 Å². The zero-order valence-corrected chi connectivity index (χ0v) is 38.5. The number of aromatic nitrogens is 2. The number of carbonyl (C=O) groups is 1. The fraction of sp³-hybridized carbons (Fsp3) is 0.180. The first-order chi connectivity index (χ1) is 36.0. The topological polar surface area (TPSA) is 54.1 Å². The van der Waals surface area contributed by atoms with Crippen molar-refractivity contribution in [1.29, 1.82) is 0 Å². The molecule has 79 heavy (non-hydrogen) atoms. The molecule has 0 aliphatic rings. The monoisotopic (exact) mass is 1150 g/mol. The molecule has 0 spiro atoms. The number of benzene rings is 6. The zero-order chi connectivity index (χ0) is 59.3. The maximum atomic E-state index is 14.2. The van der Waals surface area contributed by atoms with Gasteiger partial charge in [-0.1, -0.05) is 78.9 Å². The third-order valence-electron chi connectivity index (χ3n) is 11.9. The molecule has 7 rings (SSSR count). The van der Waals surface area contributed by atoms with Gasteiger partial charge in [-0.05, 0) is 48.5 Å². The van der Waals surface area contributed by atoms with Crippen molar-refractivity contribution in [3.63, 3.8) is 0 Å². The van der Waals surface area contributed by atoms with Gasteiger partial charge in [0, 0.05) is 11.1 Å². The van der Waals surface area contributed by atoms with E-state index in [-0.39, 0.29) is 18.1 Å². The van der Waals surface area contributed by atoms with Crippen LogP contribution in [-0.2, 0) is 56.0 Å². The maximum Gasteiger partial charge on any atom is 0.416 e. The molecule has 1 heterocycles. The Morgan fingerprint density at radius 3 is 0.949 bits per heavy atom. The number of Topliss-reactive ketones (excluding diaryl/α,β-unsaturated/α-hetero) is 1.